The Balaban J connectivity index is 2.38. The maximum Gasteiger partial charge on any atom is 0.303 e. The lowest BCUT2D eigenvalue weighted by atomic mass is 10.3. The van der Waals surface area contributed by atoms with Crippen molar-refractivity contribution in [2.75, 3.05) is 5.75 Å². The molecule has 0 bridgehead atoms. The summed E-state index contributed by atoms with van der Waals surface area (Å²) in [7, 11) is 0. The van der Waals surface area contributed by atoms with E-state index in [2.05, 4.69) is 0 Å². The van der Waals surface area contributed by atoms with Crippen molar-refractivity contribution >= 4 is 17.7 Å². The summed E-state index contributed by atoms with van der Waals surface area (Å²) in [4.78, 5) is 10.8. The first-order valence-corrected chi connectivity index (χ1v) is 5.38. The van der Waals surface area contributed by atoms with E-state index in [1.54, 1.807) is 0 Å². The van der Waals surface area contributed by atoms with Crippen LogP contribution in [0.2, 0.25) is 0 Å². The molecule has 2 nitrogen and oxygen atoms in total. The molecule has 0 spiro atoms. The molecule has 0 aliphatic heterocycles. The van der Waals surface area contributed by atoms with Crippen molar-refractivity contribution in [3.05, 3.63) is 29.8 Å². The second-order valence-corrected chi connectivity index (χ2v) is 4.09. The highest BCUT2D eigenvalue weighted by Crippen LogP contribution is 2.21. The monoisotopic (exact) mass is 232 g/mol. The molecule has 1 N–H and O–H groups in total. The van der Waals surface area contributed by atoms with Crippen LogP contribution < -0.4 is 0 Å². The summed E-state index contributed by atoms with van der Waals surface area (Å²) in [5.41, 5.74) is 0. The SMILES string of the molecule is O=C(O)CCCSc1ccc(F)c(F)c1. The van der Waals surface area contributed by atoms with Crippen molar-refractivity contribution < 1.29 is 18.7 Å². The summed E-state index contributed by atoms with van der Waals surface area (Å²) in [6.45, 7) is 0. The Morgan fingerprint density at radius 3 is 2.67 bits per heavy atom. The summed E-state index contributed by atoms with van der Waals surface area (Å²) in [6, 6.07) is 3.65. The van der Waals surface area contributed by atoms with Crippen molar-refractivity contribution in [2.24, 2.45) is 0 Å². The van der Waals surface area contributed by atoms with Crippen LogP contribution in [0.25, 0.3) is 0 Å². The molecular formula is C10H10F2O2S. The molecule has 0 unspecified atom stereocenters. The van der Waals surface area contributed by atoms with Crippen molar-refractivity contribution in [3.63, 3.8) is 0 Å². The highest BCUT2D eigenvalue weighted by Gasteiger charge is 2.03. The number of rotatable bonds is 5. The van der Waals surface area contributed by atoms with Gasteiger partial charge in [-0.25, -0.2) is 8.78 Å². The molecule has 0 atom stereocenters. The molecule has 0 saturated heterocycles. The van der Waals surface area contributed by atoms with Gasteiger partial charge in [0.05, 0.1) is 0 Å². The summed E-state index contributed by atoms with van der Waals surface area (Å²) in [6.07, 6.45) is 0.607. The molecule has 1 aromatic rings. The molecule has 0 aromatic heterocycles. The summed E-state index contributed by atoms with van der Waals surface area (Å²) >= 11 is 1.32. The molecule has 1 rings (SSSR count). The van der Waals surface area contributed by atoms with Gasteiger partial charge in [-0.2, -0.15) is 0 Å². The fourth-order valence-electron chi connectivity index (χ4n) is 0.980. The zero-order valence-electron chi connectivity index (χ0n) is 7.87. The van der Waals surface area contributed by atoms with Crippen LogP contribution in [0.5, 0.6) is 0 Å². The Hall–Kier alpha value is -1.10. The lowest BCUT2D eigenvalue weighted by Gasteiger charge is -2.00. The van der Waals surface area contributed by atoms with E-state index in [1.807, 2.05) is 0 Å². The molecule has 0 amide bonds. The third-order valence-electron chi connectivity index (χ3n) is 1.69. The van der Waals surface area contributed by atoms with Crippen LogP contribution in [0.4, 0.5) is 8.78 Å². The molecule has 5 heteroatoms. The lowest BCUT2D eigenvalue weighted by molar-refractivity contribution is -0.137. The number of benzene rings is 1. The van der Waals surface area contributed by atoms with E-state index in [0.717, 1.165) is 12.1 Å². The van der Waals surface area contributed by atoms with Gasteiger partial charge >= 0.3 is 5.97 Å². The van der Waals surface area contributed by atoms with Crippen LogP contribution in [-0.4, -0.2) is 16.8 Å². The number of halogens is 2. The van der Waals surface area contributed by atoms with Gasteiger partial charge in [0.2, 0.25) is 0 Å². The highest BCUT2D eigenvalue weighted by molar-refractivity contribution is 7.99. The average Bonchev–Trinajstić information content (AvgIpc) is 2.18. The van der Waals surface area contributed by atoms with Crippen LogP contribution in [0.3, 0.4) is 0 Å². The third kappa shape index (κ3) is 4.29. The fourth-order valence-corrected chi connectivity index (χ4v) is 1.86. The van der Waals surface area contributed by atoms with Gasteiger partial charge in [-0.05, 0) is 30.4 Å². The van der Waals surface area contributed by atoms with Gasteiger partial charge < -0.3 is 5.11 Å². The third-order valence-corrected chi connectivity index (χ3v) is 2.77. The normalized spacial score (nSPS) is 10.3. The van der Waals surface area contributed by atoms with Crippen molar-refractivity contribution in [2.45, 2.75) is 17.7 Å². The number of hydrogen-bond donors (Lipinski definition) is 1. The minimum atomic E-state index is -0.877. The van der Waals surface area contributed by atoms with Crippen LogP contribution in [0, 0.1) is 11.6 Å². The molecule has 0 radical (unpaired) electrons. The molecule has 0 fully saturated rings. The second kappa shape index (κ2) is 5.70. The van der Waals surface area contributed by atoms with Crippen LogP contribution in [-0.2, 0) is 4.79 Å². The van der Waals surface area contributed by atoms with Crippen molar-refractivity contribution in [3.8, 4) is 0 Å². The highest BCUT2D eigenvalue weighted by atomic mass is 32.2. The molecule has 0 aliphatic carbocycles. The quantitative estimate of drug-likeness (QED) is 0.626. The van der Waals surface area contributed by atoms with E-state index in [0.29, 0.717) is 17.1 Å². The summed E-state index contributed by atoms with van der Waals surface area (Å²) < 4.78 is 25.3. The molecule has 0 aliphatic rings. The van der Waals surface area contributed by atoms with E-state index in [9.17, 15) is 13.6 Å². The number of carboxylic acid groups (broad SMARTS) is 1. The number of carbonyl (C=O) groups is 1. The summed E-state index contributed by atoms with van der Waals surface area (Å²) in [5, 5.41) is 8.37. The van der Waals surface area contributed by atoms with Crippen LogP contribution >= 0.6 is 11.8 Å². The molecule has 1 aromatic carbocycles. The van der Waals surface area contributed by atoms with Crippen LogP contribution in [0.1, 0.15) is 12.8 Å². The van der Waals surface area contributed by atoms with Crippen LogP contribution in [0.15, 0.2) is 23.1 Å². The molecular weight excluding hydrogens is 222 g/mol. The minimum Gasteiger partial charge on any atom is -0.481 e. The van der Waals surface area contributed by atoms with Gasteiger partial charge in [0.1, 0.15) is 0 Å². The van der Waals surface area contributed by atoms with Crippen molar-refractivity contribution in [1.82, 2.24) is 0 Å². The van der Waals surface area contributed by atoms with Gasteiger partial charge in [0.25, 0.3) is 0 Å². The van der Waals surface area contributed by atoms with E-state index in [4.69, 9.17) is 5.11 Å². The molecule has 0 heterocycles. The average molecular weight is 232 g/mol. The smallest absolute Gasteiger partial charge is 0.303 e. The second-order valence-electron chi connectivity index (χ2n) is 2.92. The zero-order valence-corrected chi connectivity index (χ0v) is 8.69. The Morgan fingerprint density at radius 2 is 2.07 bits per heavy atom. The number of aliphatic carboxylic acids is 1. The van der Waals surface area contributed by atoms with E-state index < -0.39 is 17.6 Å². The van der Waals surface area contributed by atoms with E-state index >= 15 is 0 Å². The number of thioether (sulfide) groups is 1. The first kappa shape index (κ1) is 12.0. The largest absolute Gasteiger partial charge is 0.481 e. The van der Waals surface area contributed by atoms with Gasteiger partial charge in [-0.3, -0.25) is 4.79 Å². The fraction of sp³-hybridized carbons (Fsp3) is 0.300. The number of hydrogen-bond acceptors (Lipinski definition) is 2. The maximum absolute atomic E-state index is 12.7. The first-order valence-electron chi connectivity index (χ1n) is 4.39. The molecule has 0 saturated carbocycles. The van der Waals surface area contributed by atoms with E-state index in [-0.39, 0.29) is 6.42 Å². The Labute approximate surface area is 90.3 Å². The van der Waals surface area contributed by atoms with Gasteiger partial charge in [-0.1, -0.05) is 0 Å². The van der Waals surface area contributed by atoms with Gasteiger partial charge in [-0.15, -0.1) is 11.8 Å². The molecule has 15 heavy (non-hydrogen) atoms. The molecule has 82 valence electrons. The minimum absolute atomic E-state index is 0.0939. The first-order chi connectivity index (χ1) is 7.09. The predicted molar refractivity (Wildman–Crippen MR) is 54.0 cm³/mol. The lowest BCUT2D eigenvalue weighted by Crippen LogP contribution is -1.94. The standard InChI is InChI=1S/C10H10F2O2S/c11-8-4-3-7(6-9(8)12)15-5-1-2-10(13)14/h3-4,6H,1-2,5H2,(H,13,14). The topological polar surface area (TPSA) is 37.3 Å². The Kier molecular flexibility index (Phi) is 4.55. The van der Waals surface area contributed by atoms with E-state index in [1.165, 1.54) is 17.8 Å². The summed E-state index contributed by atoms with van der Waals surface area (Å²) in [5.74, 6) is -2.01. The van der Waals surface area contributed by atoms with Gasteiger partial charge in [0.15, 0.2) is 11.6 Å². The predicted octanol–water partition coefficient (Wildman–Crippen LogP) is 2.92. The maximum atomic E-state index is 12.7. The van der Waals surface area contributed by atoms with Gasteiger partial charge in [0, 0.05) is 11.3 Å². The number of carboxylic acids is 1. The van der Waals surface area contributed by atoms with Crippen molar-refractivity contribution in [1.29, 1.82) is 0 Å². The Bertz CT molecular complexity index is 355. The zero-order chi connectivity index (χ0) is 11.3. The Morgan fingerprint density at radius 1 is 1.33 bits per heavy atom.